The van der Waals surface area contributed by atoms with Crippen molar-refractivity contribution in [3.63, 3.8) is 0 Å². The molecule has 24 heavy (non-hydrogen) atoms. The van der Waals surface area contributed by atoms with E-state index in [9.17, 15) is 4.79 Å². The maximum absolute atomic E-state index is 11.5. The fourth-order valence-corrected chi connectivity index (χ4v) is 2.24. The van der Waals surface area contributed by atoms with Gasteiger partial charge in [0.1, 0.15) is 5.75 Å². The zero-order chi connectivity index (χ0) is 17.1. The first kappa shape index (κ1) is 15.3. The number of nitrogens with two attached hydrogens (primary N) is 2. The van der Waals surface area contributed by atoms with Crippen LogP contribution in [0.25, 0.3) is 5.69 Å². The summed E-state index contributed by atoms with van der Waals surface area (Å²) < 4.78 is 6.54. The van der Waals surface area contributed by atoms with Crippen molar-refractivity contribution in [2.45, 2.75) is 0 Å². The number of nitrogen functional groups attached to an aromatic ring is 1. The number of nitrogens with one attached hydrogen (secondary N) is 1. The van der Waals surface area contributed by atoms with Gasteiger partial charge in [0.15, 0.2) is 0 Å². The van der Waals surface area contributed by atoms with Crippen LogP contribution in [0.2, 0.25) is 0 Å². The third-order valence-corrected chi connectivity index (χ3v) is 3.36. The Bertz CT molecular complexity index is 876. The monoisotopic (exact) mass is 324 g/mol. The Hall–Kier alpha value is -3.55. The summed E-state index contributed by atoms with van der Waals surface area (Å²) in [4.78, 5) is 15.7. The summed E-state index contributed by atoms with van der Waals surface area (Å²) in [7, 11) is 1.47. The van der Waals surface area contributed by atoms with Gasteiger partial charge in [-0.25, -0.2) is 0 Å². The van der Waals surface area contributed by atoms with E-state index in [2.05, 4.69) is 15.4 Å². The Kier molecular flexibility index (Phi) is 4.02. The minimum Gasteiger partial charge on any atom is -0.496 e. The molecule has 122 valence electrons. The van der Waals surface area contributed by atoms with Gasteiger partial charge in [-0.1, -0.05) is 18.2 Å². The van der Waals surface area contributed by atoms with Crippen LogP contribution in [0.4, 0.5) is 17.6 Å². The minimum atomic E-state index is -0.602. The van der Waals surface area contributed by atoms with Crippen molar-refractivity contribution in [3.05, 3.63) is 54.1 Å². The van der Waals surface area contributed by atoms with E-state index in [0.29, 0.717) is 17.4 Å². The molecule has 3 aromatic rings. The Morgan fingerprint density at radius 1 is 1.21 bits per heavy atom. The van der Waals surface area contributed by atoms with Gasteiger partial charge in [0, 0.05) is 5.69 Å². The first-order chi connectivity index (χ1) is 11.6. The van der Waals surface area contributed by atoms with Gasteiger partial charge in [-0.3, -0.25) is 4.79 Å². The third-order valence-electron chi connectivity index (χ3n) is 3.36. The molecular formula is C16H16N6O2. The van der Waals surface area contributed by atoms with Crippen LogP contribution in [0.5, 0.6) is 5.75 Å². The number of ether oxygens (including phenoxy) is 1. The fraction of sp³-hybridized carbons (Fsp3) is 0.0625. The van der Waals surface area contributed by atoms with E-state index in [0.717, 1.165) is 5.69 Å². The van der Waals surface area contributed by atoms with Crippen LogP contribution in [-0.2, 0) is 0 Å². The van der Waals surface area contributed by atoms with E-state index in [1.807, 2.05) is 30.3 Å². The van der Waals surface area contributed by atoms with Crippen molar-refractivity contribution in [2.75, 3.05) is 18.2 Å². The van der Waals surface area contributed by atoms with Crippen LogP contribution < -0.4 is 21.5 Å². The zero-order valence-electron chi connectivity index (χ0n) is 12.9. The van der Waals surface area contributed by atoms with Gasteiger partial charge in [0.25, 0.3) is 5.91 Å². The number of amides is 1. The number of anilines is 3. The summed E-state index contributed by atoms with van der Waals surface area (Å²) in [5.41, 5.74) is 12.9. The molecule has 2 aromatic carbocycles. The summed E-state index contributed by atoms with van der Waals surface area (Å²) in [6.07, 6.45) is 0. The summed E-state index contributed by atoms with van der Waals surface area (Å²) in [6.45, 7) is 0. The number of para-hydroxylation sites is 1. The van der Waals surface area contributed by atoms with Crippen LogP contribution in [0.3, 0.4) is 0 Å². The zero-order valence-corrected chi connectivity index (χ0v) is 12.9. The van der Waals surface area contributed by atoms with Gasteiger partial charge < -0.3 is 21.5 Å². The molecule has 1 amide bonds. The number of hydrogen-bond donors (Lipinski definition) is 3. The number of primary amides is 1. The number of hydrogen-bond acceptors (Lipinski definition) is 6. The van der Waals surface area contributed by atoms with E-state index in [4.69, 9.17) is 16.2 Å². The number of benzene rings is 2. The highest BCUT2D eigenvalue weighted by Crippen LogP contribution is 2.23. The largest absolute Gasteiger partial charge is 0.496 e. The highest BCUT2D eigenvalue weighted by Gasteiger charge is 2.14. The van der Waals surface area contributed by atoms with Crippen molar-refractivity contribution in [3.8, 4) is 11.4 Å². The third kappa shape index (κ3) is 2.98. The molecule has 0 saturated carbocycles. The van der Waals surface area contributed by atoms with Crippen molar-refractivity contribution >= 4 is 23.5 Å². The number of nitrogens with zero attached hydrogens (tertiary/aromatic N) is 3. The molecule has 0 fully saturated rings. The van der Waals surface area contributed by atoms with Crippen molar-refractivity contribution < 1.29 is 9.53 Å². The Morgan fingerprint density at radius 2 is 1.96 bits per heavy atom. The van der Waals surface area contributed by atoms with Crippen LogP contribution in [0.1, 0.15) is 10.4 Å². The van der Waals surface area contributed by atoms with E-state index in [-0.39, 0.29) is 11.5 Å². The highest BCUT2D eigenvalue weighted by molar-refractivity contribution is 5.96. The Balaban J connectivity index is 1.95. The summed E-state index contributed by atoms with van der Waals surface area (Å²) in [5, 5.41) is 7.36. The average molecular weight is 324 g/mol. The van der Waals surface area contributed by atoms with Crippen LogP contribution in [-0.4, -0.2) is 27.8 Å². The van der Waals surface area contributed by atoms with Gasteiger partial charge in [0.2, 0.25) is 11.9 Å². The summed E-state index contributed by atoms with van der Waals surface area (Å²) >= 11 is 0. The smallest absolute Gasteiger partial charge is 0.252 e. The van der Waals surface area contributed by atoms with Crippen molar-refractivity contribution in [1.29, 1.82) is 0 Å². The molecule has 0 spiro atoms. The predicted molar refractivity (Wildman–Crippen MR) is 90.6 cm³/mol. The number of carbonyl (C=O) groups excluding carboxylic acids is 1. The Labute approximate surface area is 138 Å². The quantitative estimate of drug-likeness (QED) is 0.657. The molecule has 0 atom stereocenters. The van der Waals surface area contributed by atoms with Crippen LogP contribution in [0, 0.1) is 0 Å². The lowest BCUT2D eigenvalue weighted by molar-refractivity contribution is 0.0997. The molecule has 1 aromatic heterocycles. The molecule has 0 saturated heterocycles. The molecule has 5 N–H and O–H groups in total. The number of carbonyl (C=O) groups is 1. The van der Waals surface area contributed by atoms with E-state index in [1.54, 1.807) is 18.2 Å². The van der Waals surface area contributed by atoms with Gasteiger partial charge in [-0.2, -0.15) is 9.67 Å². The average Bonchev–Trinajstić information content (AvgIpc) is 2.95. The van der Waals surface area contributed by atoms with Crippen molar-refractivity contribution in [2.24, 2.45) is 5.73 Å². The molecule has 3 rings (SSSR count). The second-order valence-corrected chi connectivity index (χ2v) is 4.95. The standard InChI is InChI=1S/C16H16N6O2/c1-24-13-8-7-11(9-12(13)14(17)23)22-15(18)20-16(21-22)19-10-5-3-2-4-6-10/h2-9H,1H3,(H2,17,23)(H3,18,19,20,21). The molecule has 0 aliphatic carbocycles. The predicted octanol–water partition coefficient (Wildman–Crippen LogP) is 1.70. The fourth-order valence-electron chi connectivity index (χ4n) is 2.24. The van der Waals surface area contributed by atoms with Gasteiger partial charge in [0.05, 0.1) is 18.4 Å². The number of rotatable bonds is 5. The molecular weight excluding hydrogens is 308 g/mol. The summed E-state index contributed by atoms with van der Waals surface area (Å²) in [5.74, 6) is 0.298. The van der Waals surface area contributed by atoms with Gasteiger partial charge in [-0.15, -0.1) is 5.10 Å². The normalized spacial score (nSPS) is 10.4. The number of methoxy groups -OCH3 is 1. The van der Waals surface area contributed by atoms with E-state index < -0.39 is 5.91 Å². The molecule has 1 heterocycles. The van der Waals surface area contributed by atoms with E-state index >= 15 is 0 Å². The molecule has 8 heteroatoms. The summed E-state index contributed by atoms with van der Waals surface area (Å²) in [6, 6.07) is 14.4. The lowest BCUT2D eigenvalue weighted by Crippen LogP contribution is -2.13. The van der Waals surface area contributed by atoms with Crippen molar-refractivity contribution in [1.82, 2.24) is 14.8 Å². The molecule has 0 aliphatic heterocycles. The second-order valence-electron chi connectivity index (χ2n) is 4.95. The number of aromatic nitrogens is 3. The van der Waals surface area contributed by atoms with Crippen LogP contribution >= 0.6 is 0 Å². The van der Waals surface area contributed by atoms with Crippen LogP contribution in [0.15, 0.2) is 48.5 Å². The maximum Gasteiger partial charge on any atom is 0.252 e. The van der Waals surface area contributed by atoms with Gasteiger partial charge >= 0.3 is 0 Å². The molecule has 0 unspecified atom stereocenters. The second kappa shape index (κ2) is 6.29. The highest BCUT2D eigenvalue weighted by atomic mass is 16.5. The molecule has 8 nitrogen and oxygen atoms in total. The first-order valence-electron chi connectivity index (χ1n) is 7.11. The molecule has 0 aliphatic rings. The maximum atomic E-state index is 11.5. The van der Waals surface area contributed by atoms with E-state index in [1.165, 1.54) is 11.8 Å². The Morgan fingerprint density at radius 3 is 2.62 bits per heavy atom. The first-order valence-corrected chi connectivity index (χ1v) is 7.11. The topological polar surface area (TPSA) is 121 Å². The lowest BCUT2D eigenvalue weighted by atomic mass is 10.1. The molecule has 0 bridgehead atoms. The minimum absolute atomic E-state index is 0.175. The SMILES string of the molecule is COc1ccc(-n2nc(Nc3ccccc3)nc2N)cc1C(N)=O. The molecule has 0 radical (unpaired) electrons. The van der Waals surface area contributed by atoms with Gasteiger partial charge in [-0.05, 0) is 30.3 Å². The lowest BCUT2D eigenvalue weighted by Gasteiger charge is -2.08.